The lowest BCUT2D eigenvalue weighted by Gasteiger charge is -1.96. The molecule has 6 heteroatoms. The molecule has 20 heavy (non-hydrogen) atoms. The molecule has 100 valence electrons. The quantitative estimate of drug-likeness (QED) is 0.790. The van der Waals surface area contributed by atoms with E-state index in [-0.39, 0.29) is 11.7 Å². The average Bonchev–Trinajstić information content (AvgIpc) is 2.97. The topological polar surface area (TPSA) is 77.8 Å². The second-order valence-corrected chi connectivity index (χ2v) is 4.19. The molecule has 0 radical (unpaired) electrons. The lowest BCUT2D eigenvalue weighted by Crippen LogP contribution is -1.96. The smallest absolute Gasteiger partial charge is 0.276 e. The highest BCUT2D eigenvalue weighted by molar-refractivity contribution is 5.57. The maximum atomic E-state index is 13.2. The fourth-order valence-corrected chi connectivity index (χ4v) is 1.74. The van der Waals surface area contributed by atoms with Crippen LogP contribution in [0.2, 0.25) is 0 Å². The van der Waals surface area contributed by atoms with Crippen LogP contribution >= 0.6 is 0 Å². The summed E-state index contributed by atoms with van der Waals surface area (Å²) in [6.45, 7) is 0.422. The molecule has 0 spiro atoms. The van der Waals surface area contributed by atoms with Crippen molar-refractivity contribution in [1.29, 1.82) is 0 Å². The molecule has 0 aliphatic rings. The van der Waals surface area contributed by atoms with Crippen LogP contribution < -0.4 is 5.73 Å². The van der Waals surface area contributed by atoms with Gasteiger partial charge in [0.15, 0.2) is 0 Å². The van der Waals surface area contributed by atoms with Crippen LogP contribution in [-0.4, -0.2) is 15.1 Å². The van der Waals surface area contributed by atoms with Crippen LogP contribution in [0.3, 0.4) is 0 Å². The maximum absolute atomic E-state index is 13.2. The number of nitrogens with two attached hydrogens (primary N) is 1. The predicted molar refractivity (Wildman–Crippen MR) is 70.8 cm³/mol. The van der Waals surface area contributed by atoms with Gasteiger partial charge < -0.3 is 10.3 Å². The van der Waals surface area contributed by atoms with Crippen molar-refractivity contribution < 1.29 is 8.91 Å². The Balaban J connectivity index is 1.93. The lowest BCUT2D eigenvalue weighted by molar-refractivity contribution is 0.431. The molecule has 3 aromatic rings. The normalized spacial score (nSPS) is 10.7. The minimum absolute atomic E-state index is 0.285. The van der Waals surface area contributed by atoms with Crippen molar-refractivity contribution in [3.63, 3.8) is 0 Å². The predicted octanol–water partition coefficient (Wildman–Crippen LogP) is 2.40. The largest absolute Gasteiger partial charge is 0.332 e. The van der Waals surface area contributed by atoms with Gasteiger partial charge in [-0.25, -0.2) is 4.39 Å². The van der Waals surface area contributed by atoms with E-state index in [2.05, 4.69) is 15.1 Å². The highest BCUT2D eigenvalue weighted by atomic mass is 19.1. The standard InChI is InChI=1S/C14H11FN4O/c15-11-3-1-2-10(6-11)13-18-14(20-19-13)12-5-4-9(7-16)8-17-12/h1-6,8H,7,16H2. The highest BCUT2D eigenvalue weighted by Gasteiger charge is 2.11. The molecule has 0 bridgehead atoms. The molecule has 2 heterocycles. The Bertz CT molecular complexity index is 724. The van der Waals surface area contributed by atoms with Crippen LogP contribution in [0.1, 0.15) is 5.56 Å². The van der Waals surface area contributed by atoms with Gasteiger partial charge in [0.1, 0.15) is 11.5 Å². The first-order chi connectivity index (χ1) is 9.76. The van der Waals surface area contributed by atoms with E-state index in [1.165, 1.54) is 12.1 Å². The zero-order valence-corrected chi connectivity index (χ0v) is 10.5. The molecule has 3 rings (SSSR count). The monoisotopic (exact) mass is 270 g/mol. The summed E-state index contributed by atoms with van der Waals surface area (Å²) in [7, 11) is 0. The first kappa shape index (κ1) is 12.4. The van der Waals surface area contributed by atoms with Crippen LogP contribution in [0.15, 0.2) is 47.1 Å². The van der Waals surface area contributed by atoms with Crippen LogP contribution in [-0.2, 0) is 6.54 Å². The molecule has 0 saturated carbocycles. The van der Waals surface area contributed by atoms with Crippen LogP contribution in [0.5, 0.6) is 0 Å². The number of hydrogen-bond acceptors (Lipinski definition) is 5. The van der Waals surface area contributed by atoms with E-state index >= 15 is 0 Å². The number of halogens is 1. The van der Waals surface area contributed by atoms with E-state index in [1.807, 2.05) is 6.07 Å². The van der Waals surface area contributed by atoms with Gasteiger partial charge in [0.2, 0.25) is 5.82 Å². The molecule has 0 aliphatic heterocycles. The van der Waals surface area contributed by atoms with E-state index in [1.54, 1.807) is 24.4 Å². The third kappa shape index (κ3) is 2.41. The fraction of sp³-hybridized carbons (Fsp3) is 0.0714. The molecule has 5 nitrogen and oxygen atoms in total. The minimum Gasteiger partial charge on any atom is -0.332 e. The van der Waals surface area contributed by atoms with E-state index in [4.69, 9.17) is 10.3 Å². The van der Waals surface area contributed by atoms with Crippen LogP contribution in [0.4, 0.5) is 4.39 Å². The molecular weight excluding hydrogens is 259 g/mol. The highest BCUT2D eigenvalue weighted by Crippen LogP contribution is 2.21. The van der Waals surface area contributed by atoms with Gasteiger partial charge >= 0.3 is 0 Å². The number of hydrogen-bond donors (Lipinski definition) is 1. The Morgan fingerprint density at radius 3 is 2.80 bits per heavy atom. The van der Waals surface area contributed by atoms with E-state index < -0.39 is 0 Å². The molecule has 2 aromatic heterocycles. The van der Waals surface area contributed by atoms with Gasteiger partial charge in [0.25, 0.3) is 5.89 Å². The summed E-state index contributed by atoms with van der Waals surface area (Å²) in [6, 6.07) is 9.61. The number of rotatable bonds is 3. The van der Waals surface area contributed by atoms with Crippen molar-refractivity contribution in [2.45, 2.75) is 6.54 Å². The van der Waals surface area contributed by atoms with Gasteiger partial charge in [0.05, 0.1) is 0 Å². The maximum Gasteiger partial charge on any atom is 0.276 e. The second-order valence-electron chi connectivity index (χ2n) is 4.19. The Morgan fingerprint density at radius 1 is 1.20 bits per heavy atom. The SMILES string of the molecule is NCc1ccc(-c2nc(-c3cccc(F)c3)no2)nc1. The zero-order valence-electron chi connectivity index (χ0n) is 10.5. The number of aromatic nitrogens is 3. The molecule has 0 fully saturated rings. The Hall–Kier alpha value is -2.60. The first-order valence-electron chi connectivity index (χ1n) is 6.01. The molecule has 2 N–H and O–H groups in total. The van der Waals surface area contributed by atoms with E-state index in [9.17, 15) is 4.39 Å². The Morgan fingerprint density at radius 2 is 2.10 bits per heavy atom. The molecule has 0 atom stereocenters. The summed E-state index contributed by atoms with van der Waals surface area (Å²) in [4.78, 5) is 8.40. The molecule has 0 unspecified atom stereocenters. The van der Waals surface area contributed by atoms with Crippen LogP contribution in [0, 0.1) is 5.82 Å². The summed E-state index contributed by atoms with van der Waals surface area (Å²) < 4.78 is 18.3. The zero-order chi connectivity index (χ0) is 13.9. The Labute approximate surface area is 114 Å². The molecule has 0 saturated heterocycles. The van der Waals surface area contributed by atoms with Crippen LogP contribution in [0.25, 0.3) is 23.0 Å². The third-order valence-corrected chi connectivity index (χ3v) is 2.79. The van der Waals surface area contributed by atoms with Crippen molar-refractivity contribution in [2.75, 3.05) is 0 Å². The van der Waals surface area contributed by atoms with Crippen molar-refractivity contribution in [1.82, 2.24) is 15.1 Å². The van der Waals surface area contributed by atoms with Crippen molar-refractivity contribution >= 4 is 0 Å². The molecule has 0 aliphatic carbocycles. The second kappa shape index (κ2) is 5.18. The van der Waals surface area contributed by atoms with Crippen molar-refractivity contribution in [3.8, 4) is 23.0 Å². The minimum atomic E-state index is -0.348. The van der Waals surface area contributed by atoms with Gasteiger partial charge in [-0.05, 0) is 23.8 Å². The van der Waals surface area contributed by atoms with Gasteiger partial charge in [0, 0.05) is 18.3 Å². The lowest BCUT2D eigenvalue weighted by atomic mass is 10.2. The number of pyridine rings is 1. The fourth-order valence-electron chi connectivity index (χ4n) is 1.74. The Kier molecular flexibility index (Phi) is 3.22. The van der Waals surface area contributed by atoms with Crippen molar-refractivity contribution in [3.05, 3.63) is 54.0 Å². The van der Waals surface area contributed by atoms with E-state index in [0.717, 1.165) is 5.56 Å². The number of benzene rings is 1. The first-order valence-corrected chi connectivity index (χ1v) is 6.01. The average molecular weight is 270 g/mol. The summed E-state index contributed by atoms with van der Waals surface area (Å²) in [5.74, 6) is 0.260. The van der Waals surface area contributed by atoms with Gasteiger partial charge in [-0.2, -0.15) is 4.98 Å². The molecule has 0 amide bonds. The van der Waals surface area contributed by atoms with Gasteiger partial charge in [-0.15, -0.1) is 0 Å². The van der Waals surface area contributed by atoms with Crippen molar-refractivity contribution in [2.24, 2.45) is 5.73 Å². The van der Waals surface area contributed by atoms with Gasteiger partial charge in [-0.3, -0.25) is 4.98 Å². The summed E-state index contributed by atoms with van der Waals surface area (Å²) in [5.41, 5.74) is 7.53. The molecular formula is C14H11FN4O. The summed E-state index contributed by atoms with van der Waals surface area (Å²) >= 11 is 0. The number of nitrogens with zero attached hydrogens (tertiary/aromatic N) is 3. The van der Waals surface area contributed by atoms with Gasteiger partial charge in [-0.1, -0.05) is 23.4 Å². The summed E-state index contributed by atoms with van der Waals surface area (Å²) in [6.07, 6.45) is 1.65. The third-order valence-electron chi connectivity index (χ3n) is 2.79. The van der Waals surface area contributed by atoms with E-state index in [0.29, 0.717) is 23.6 Å². The molecule has 1 aromatic carbocycles. The summed E-state index contributed by atoms with van der Waals surface area (Å²) in [5, 5.41) is 3.83.